The molecule has 0 atom stereocenters. The van der Waals surface area contributed by atoms with Gasteiger partial charge in [-0.15, -0.1) is 0 Å². The smallest absolute Gasteiger partial charge is 0.280 e. The van der Waals surface area contributed by atoms with E-state index in [0.29, 0.717) is 11.9 Å². The van der Waals surface area contributed by atoms with E-state index in [9.17, 15) is 8.78 Å². The number of rotatable bonds is 2. The summed E-state index contributed by atoms with van der Waals surface area (Å²) in [6.45, 7) is 3.91. The van der Waals surface area contributed by atoms with E-state index >= 15 is 0 Å². The van der Waals surface area contributed by atoms with Gasteiger partial charge in [0.25, 0.3) is 6.43 Å². The summed E-state index contributed by atoms with van der Waals surface area (Å²) in [5.41, 5.74) is -0.191. The molecule has 5 heteroatoms. The van der Waals surface area contributed by atoms with E-state index in [0.717, 1.165) is 25.9 Å². The van der Waals surface area contributed by atoms with Crippen LogP contribution in [0.3, 0.4) is 0 Å². The fourth-order valence-corrected chi connectivity index (χ4v) is 1.84. The first-order chi connectivity index (χ1) is 7.66. The van der Waals surface area contributed by atoms with Gasteiger partial charge in [0.05, 0.1) is 0 Å². The summed E-state index contributed by atoms with van der Waals surface area (Å²) >= 11 is 0. The number of halogens is 2. The number of aromatic nitrogens is 2. The molecule has 1 aromatic rings. The second-order valence-corrected chi connectivity index (χ2v) is 4.25. The summed E-state index contributed by atoms with van der Waals surface area (Å²) in [6, 6.07) is 1.26. The van der Waals surface area contributed by atoms with Crippen LogP contribution in [0.4, 0.5) is 14.7 Å². The zero-order chi connectivity index (χ0) is 11.5. The Morgan fingerprint density at radius 2 is 2.06 bits per heavy atom. The lowest BCUT2D eigenvalue weighted by molar-refractivity contribution is 0.146. The van der Waals surface area contributed by atoms with Crippen molar-refractivity contribution in [2.24, 2.45) is 5.92 Å². The fourth-order valence-electron chi connectivity index (χ4n) is 1.84. The predicted octanol–water partition coefficient (Wildman–Crippen LogP) is 2.65. The Balaban J connectivity index is 2.11. The highest BCUT2D eigenvalue weighted by atomic mass is 19.3. The average molecular weight is 227 g/mol. The lowest BCUT2D eigenvalue weighted by Crippen LogP contribution is -2.34. The molecule has 1 saturated heterocycles. The minimum Gasteiger partial charge on any atom is -0.341 e. The Morgan fingerprint density at radius 3 is 2.69 bits per heavy atom. The van der Waals surface area contributed by atoms with E-state index in [1.807, 2.05) is 4.90 Å². The molecule has 2 heterocycles. The van der Waals surface area contributed by atoms with Crippen LogP contribution in [-0.4, -0.2) is 23.1 Å². The molecule has 16 heavy (non-hydrogen) atoms. The van der Waals surface area contributed by atoms with Crippen LogP contribution in [0.1, 0.15) is 31.9 Å². The van der Waals surface area contributed by atoms with Crippen molar-refractivity contribution in [3.8, 4) is 0 Å². The third kappa shape index (κ3) is 2.46. The summed E-state index contributed by atoms with van der Waals surface area (Å²) in [6.07, 6.45) is 1.03. The summed E-state index contributed by atoms with van der Waals surface area (Å²) in [4.78, 5) is 9.92. The van der Waals surface area contributed by atoms with E-state index in [1.165, 1.54) is 12.3 Å². The second kappa shape index (κ2) is 4.72. The molecule has 0 spiro atoms. The number of hydrogen-bond donors (Lipinski definition) is 0. The van der Waals surface area contributed by atoms with Crippen LogP contribution < -0.4 is 4.90 Å². The van der Waals surface area contributed by atoms with Gasteiger partial charge in [-0.2, -0.15) is 0 Å². The van der Waals surface area contributed by atoms with Crippen molar-refractivity contribution in [1.82, 2.24) is 9.97 Å². The summed E-state index contributed by atoms with van der Waals surface area (Å²) in [5, 5.41) is 0. The van der Waals surface area contributed by atoms with E-state index in [-0.39, 0.29) is 5.69 Å². The number of alkyl halides is 2. The van der Waals surface area contributed by atoms with Crippen molar-refractivity contribution in [2.45, 2.75) is 26.2 Å². The zero-order valence-corrected chi connectivity index (χ0v) is 9.24. The minimum atomic E-state index is -2.52. The number of nitrogens with zero attached hydrogens (tertiary/aromatic N) is 3. The topological polar surface area (TPSA) is 29.0 Å². The summed E-state index contributed by atoms with van der Waals surface area (Å²) in [7, 11) is 0. The molecule has 1 aliphatic heterocycles. The molecule has 0 radical (unpaired) electrons. The first kappa shape index (κ1) is 11.2. The highest BCUT2D eigenvalue weighted by Crippen LogP contribution is 2.22. The van der Waals surface area contributed by atoms with E-state index in [4.69, 9.17) is 0 Å². The first-order valence-corrected chi connectivity index (χ1v) is 5.53. The molecule has 0 saturated carbocycles. The van der Waals surface area contributed by atoms with Gasteiger partial charge in [0.15, 0.2) is 0 Å². The highest BCUT2D eigenvalue weighted by Gasteiger charge is 2.19. The van der Waals surface area contributed by atoms with Crippen LogP contribution in [0.15, 0.2) is 12.3 Å². The van der Waals surface area contributed by atoms with Crippen LogP contribution in [0.5, 0.6) is 0 Å². The average Bonchev–Trinajstić information content (AvgIpc) is 2.30. The zero-order valence-electron chi connectivity index (χ0n) is 9.24. The SMILES string of the molecule is CC1CCN(c2nccc(C(F)F)n2)CC1. The molecule has 1 fully saturated rings. The minimum absolute atomic E-state index is 0.191. The van der Waals surface area contributed by atoms with Gasteiger partial charge in [-0.3, -0.25) is 0 Å². The summed E-state index contributed by atoms with van der Waals surface area (Å²) in [5.74, 6) is 1.14. The van der Waals surface area contributed by atoms with E-state index in [2.05, 4.69) is 16.9 Å². The van der Waals surface area contributed by atoms with Crippen LogP contribution >= 0.6 is 0 Å². The van der Waals surface area contributed by atoms with Gasteiger partial charge in [-0.25, -0.2) is 18.7 Å². The van der Waals surface area contributed by atoms with Gasteiger partial charge in [-0.1, -0.05) is 6.92 Å². The van der Waals surface area contributed by atoms with Crippen molar-refractivity contribution < 1.29 is 8.78 Å². The molecule has 0 amide bonds. The Morgan fingerprint density at radius 1 is 1.38 bits per heavy atom. The highest BCUT2D eigenvalue weighted by molar-refractivity contribution is 5.31. The third-order valence-electron chi connectivity index (χ3n) is 2.95. The molecule has 0 aromatic carbocycles. The molecule has 3 nitrogen and oxygen atoms in total. The van der Waals surface area contributed by atoms with Crippen LogP contribution in [-0.2, 0) is 0 Å². The largest absolute Gasteiger partial charge is 0.341 e. The maximum atomic E-state index is 12.5. The molecule has 0 unspecified atom stereocenters. The monoisotopic (exact) mass is 227 g/mol. The van der Waals surface area contributed by atoms with Gasteiger partial charge in [0, 0.05) is 19.3 Å². The van der Waals surface area contributed by atoms with Crippen molar-refractivity contribution in [3.63, 3.8) is 0 Å². The number of piperidine rings is 1. The quantitative estimate of drug-likeness (QED) is 0.777. The Hall–Kier alpha value is -1.26. The lowest BCUT2D eigenvalue weighted by Gasteiger charge is -2.30. The normalized spacial score (nSPS) is 18.1. The van der Waals surface area contributed by atoms with Gasteiger partial charge in [0.2, 0.25) is 5.95 Å². The Kier molecular flexibility index (Phi) is 3.31. The van der Waals surface area contributed by atoms with Gasteiger partial charge in [0.1, 0.15) is 5.69 Å². The fraction of sp³-hybridized carbons (Fsp3) is 0.636. The van der Waals surface area contributed by atoms with Gasteiger partial charge < -0.3 is 4.90 Å². The lowest BCUT2D eigenvalue weighted by atomic mass is 10.00. The Bertz CT molecular complexity index is 349. The van der Waals surface area contributed by atoms with E-state index in [1.54, 1.807) is 0 Å². The predicted molar refractivity (Wildman–Crippen MR) is 57.6 cm³/mol. The molecule has 0 bridgehead atoms. The summed E-state index contributed by atoms with van der Waals surface area (Å²) < 4.78 is 24.9. The van der Waals surface area contributed by atoms with Crippen LogP contribution in [0.25, 0.3) is 0 Å². The van der Waals surface area contributed by atoms with Crippen molar-refractivity contribution in [2.75, 3.05) is 18.0 Å². The molecule has 0 N–H and O–H groups in total. The molecule has 1 aromatic heterocycles. The Labute approximate surface area is 93.5 Å². The number of hydrogen-bond acceptors (Lipinski definition) is 3. The van der Waals surface area contributed by atoms with Crippen molar-refractivity contribution in [3.05, 3.63) is 18.0 Å². The first-order valence-electron chi connectivity index (χ1n) is 5.53. The number of anilines is 1. The molecule has 88 valence electrons. The van der Waals surface area contributed by atoms with Crippen molar-refractivity contribution in [1.29, 1.82) is 0 Å². The molecule has 1 aliphatic rings. The molecular formula is C11H15F2N3. The van der Waals surface area contributed by atoms with Gasteiger partial charge in [-0.05, 0) is 24.8 Å². The maximum absolute atomic E-state index is 12.5. The van der Waals surface area contributed by atoms with Crippen molar-refractivity contribution >= 4 is 5.95 Å². The molecule has 0 aliphatic carbocycles. The molecular weight excluding hydrogens is 212 g/mol. The van der Waals surface area contributed by atoms with Gasteiger partial charge >= 0.3 is 0 Å². The standard InChI is InChI=1S/C11H15F2N3/c1-8-3-6-16(7-4-8)11-14-5-2-9(15-11)10(12)13/h2,5,8,10H,3-4,6-7H2,1H3. The second-order valence-electron chi connectivity index (χ2n) is 4.25. The molecule has 2 rings (SSSR count). The van der Waals surface area contributed by atoms with E-state index < -0.39 is 6.43 Å². The maximum Gasteiger partial charge on any atom is 0.280 e. The third-order valence-corrected chi connectivity index (χ3v) is 2.95. The van der Waals surface area contributed by atoms with Crippen LogP contribution in [0, 0.1) is 5.92 Å². The van der Waals surface area contributed by atoms with Crippen LogP contribution in [0.2, 0.25) is 0 Å².